The third-order valence-corrected chi connectivity index (χ3v) is 3.65. The van der Waals surface area contributed by atoms with Gasteiger partial charge in [0.1, 0.15) is 5.69 Å². The van der Waals surface area contributed by atoms with Gasteiger partial charge in [-0.3, -0.25) is 14.6 Å². The smallest absolute Gasteiger partial charge is 0.257 e. The molecule has 0 atom stereocenters. The van der Waals surface area contributed by atoms with Crippen LogP contribution in [0.25, 0.3) is 5.69 Å². The van der Waals surface area contributed by atoms with Crippen molar-refractivity contribution in [1.29, 1.82) is 0 Å². The number of nitrogens with one attached hydrogen (secondary N) is 2. The molecular weight excluding hydrogens is 292 g/mol. The number of hydrogen-bond acceptors (Lipinski definition) is 3. The van der Waals surface area contributed by atoms with E-state index in [1.807, 2.05) is 30.5 Å². The van der Waals surface area contributed by atoms with Gasteiger partial charge in [-0.1, -0.05) is 0 Å². The topological polar surface area (TPSA) is 79.8 Å². The highest BCUT2D eigenvalue weighted by atomic mass is 16.2. The quantitative estimate of drug-likeness (QED) is 0.780. The minimum absolute atomic E-state index is 0.226. The number of amides is 1. The zero-order valence-electron chi connectivity index (χ0n) is 12.8. The number of rotatable bonds is 3. The normalized spacial score (nSPS) is 10.5. The van der Waals surface area contributed by atoms with Crippen molar-refractivity contribution in [3.05, 3.63) is 76.2 Å². The molecule has 0 radical (unpaired) electrons. The van der Waals surface area contributed by atoms with Crippen molar-refractivity contribution in [2.45, 2.75) is 13.8 Å². The number of hydrogen-bond donors (Lipinski definition) is 2. The van der Waals surface area contributed by atoms with Crippen molar-refractivity contribution >= 4 is 11.6 Å². The van der Waals surface area contributed by atoms with E-state index in [0.717, 1.165) is 17.1 Å². The van der Waals surface area contributed by atoms with Crippen molar-refractivity contribution in [3.63, 3.8) is 0 Å². The number of anilines is 1. The first-order chi connectivity index (χ1) is 11.1. The van der Waals surface area contributed by atoms with Gasteiger partial charge in [0.15, 0.2) is 0 Å². The first-order valence-corrected chi connectivity index (χ1v) is 7.15. The maximum absolute atomic E-state index is 12.5. The largest absolute Gasteiger partial charge is 0.366 e. The third kappa shape index (κ3) is 2.78. The van der Waals surface area contributed by atoms with Crippen molar-refractivity contribution in [3.8, 4) is 5.69 Å². The van der Waals surface area contributed by atoms with Crippen molar-refractivity contribution in [2.75, 3.05) is 5.32 Å². The summed E-state index contributed by atoms with van der Waals surface area (Å²) in [6.45, 7) is 3.79. The highest BCUT2D eigenvalue weighted by molar-refractivity contribution is 6.05. The monoisotopic (exact) mass is 308 g/mol. The van der Waals surface area contributed by atoms with Crippen LogP contribution in [0.4, 0.5) is 5.69 Å². The molecule has 0 spiro atoms. The molecule has 6 heteroatoms. The van der Waals surface area contributed by atoms with E-state index in [9.17, 15) is 9.59 Å². The lowest BCUT2D eigenvalue weighted by Gasteiger charge is -2.09. The summed E-state index contributed by atoms with van der Waals surface area (Å²) in [5, 5.41) is 2.65. The van der Waals surface area contributed by atoms with E-state index >= 15 is 0 Å². The molecule has 0 saturated heterocycles. The Morgan fingerprint density at radius 2 is 2.13 bits per heavy atom. The Morgan fingerprint density at radius 1 is 1.30 bits per heavy atom. The number of nitrogens with zero attached hydrogens (tertiary/aromatic N) is 2. The van der Waals surface area contributed by atoms with E-state index in [0.29, 0.717) is 5.56 Å². The lowest BCUT2D eigenvalue weighted by atomic mass is 10.2. The number of carbonyl (C=O) groups excluding carboxylic acids is 1. The fourth-order valence-corrected chi connectivity index (χ4v) is 2.58. The minimum atomic E-state index is -0.315. The maximum Gasteiger partial charge on any atom is 0.257 e. The highest BCUT2D eigenvalue weighted by Gasteiger charge is 2.17. The SMILES string of the molecule is Cc1cc(C(=O)Nc2c[nH]ccc2=O)c(C)n1-c1cccnc1. The standard InChI is InChI=1S/C17H16N4O2/c1-11-8-14(12(2)21(11)13-4-3-6-18-9-13)17(23)20-15-10-19-7-5-16(15)22/h3-10H,1-2H3,(H,19,22)(H,20,23). The van der Waals surface area contributed by atoms with Gasteiger partial charge in [0, 0.05) is 36.0 Å². The predicted molar refractivity (Wildman–Crippen MR) is 88.1 cm³/mol. The van der Waals surface area contributed by atoms with Crippen LogP contribution in [0, 0.1) is 13.8 Å². The van der Waals surface area contributed by atoms with Crippen LogP contribution >= 0.6 is 0 Å². The molecule has 3 rings (SSSR count). The number of aryl methyl sites for hydroxylation is 1. The molecular formula is C17H16N4O2. The Kier molecular flexibility index (Phi) is 3.80. The van der Waals surface area contributed by atoms with Gasteiger partial charge >= 0.3 is 0 Å². The van der Waals surface area contributed by atoms with Crippen LogP contribution in [0.5, 0.6) is 0 Å². The lowest BCUT2D eigenvalue weighted by Crippen LogP contribution is -2.18. The Morgan fingerprint density at radius 3 is 2.83 bits per heavy atom. The molecule has 0 aromatic carbocycles. The van der Waals surface area contributed by atoms with Crippen LogP contribution in [-0.4, -0.2) is 20.4 Å². The minimum Gasteiger partial charge on any atom is -0.366 e. The molecule has 3 aromatic rings. The van der Waals surface area contributed by atoms with E-state index in [1.54, 1.807) is 18.5 Å². The van der Waals surface area contributed by atoms with Gasteiger partial charge in [-0.15, -0.1) is 0 Å². The van der Waals surface area contributed by atoms with Crippen molar-refractivity contribution in [2.24, 2.45) is 0 Å². The Labute approximate surface area is 132 Å². The Bertz CT molecular complexity index is 910. The molecule has 0 fully saturated rings. The second-order valence-corrected chi connectivity index (χ2v) is 5.21. The van der Waals surface area contributed by atoms with Crippen molar-refractivity contribution < 1.29 is 4.79 Å². The zero-order chi connectivity index (χ0) is 16.4. The summed E-state index contributed by atoms with van der Waals surface area (Å²) in [4.78, 5) is 31.1. The summed E-state index contributed by atoms with van der Waals surface area (Å²) >= 11 is 0. The molecule has 0 unspecified atom stereocenters. The molecule has 6 nitrogen and oxygen atoms in total. The van der Waals surface area contributed by atoms with E-state index in [1.165, 1.54) is 18.5 Å². The molecule has 0 bridgehead atoms. The second kappa shape index (κ2) is 5.92. The zero-order valence-corrected chi connectivity index (χ0v) is 12.8. The molecule has 116 valence electrons. The summed E-state index contributed by atoms with van der Waals surface area (Å²) in [7, 11) is 0. The summed E-state index contributed by atoms with van der Waals surface area (Å²) in [6, 6.07) is 6.94. The van der Waals surface area contributed by atoms with Gasteiger partial charge in [0.2, 0.25) is 5.43 Å². The van der Waals surface area contributed by atoms with E-state index in [-0.39, 0.29) is 17.0 Å². The fourth-order valence-electron chi connectivity index (χ4n) is 2.58. The lowest BCUT2D eigenvalue weighted by molar-refractivity contribution is 0.102. The average Bonchev–Trinajstić information content (AvgIpc) is 2.85. The van der Waals surface area contributed by atoms with Crippen LogP contribution in [0.15, 0.2) is 53.8 Å². The molecule has 1 amide bonds. The van der Waals surface area contributed by atoms with Crippen molar-refractivity contribution in [1.82, 2.24) is 14.5 Å². The number of aromatic amines is 1. The first kappa shape index (κ1) is 14.8. The molecule has 0 aliphatic heterocycles. The van der Waals surface area contributed by atoms with E-state index < -0.39 is 0 Å². The van der Waals surface area contributed by atoms with Crippen LogP contribution < -0.4 is 10.7 Å². The maximum atomic E-state index is 12.5. The number of carbonyl (C=O) groups is 1. The third-order valence-electron chi connectivity index (χ3n) is 3.65. The summed E-state index contributed by atoms with van der Waals surface area (Å²) in [5.41, 5.74) is 3.11. The van der Waals surface area contributed by atoms with Gasteiger partial charge in [-0.25, -0.2) is 0 Å². The summed E-state index contributed by atoms with van der Waals surface area (Å²) in [5.74, 6) is -0.315. The Balaban J connectivity index is 1.97. The van der Waals surface area contributed by atoms with Crippen LogP contribution in [0.1, 0.15) is 21.7 Å². The molecule has 23 heavy (non-hydrogen) atoms. The second-order valence-electron chi connectivity index (χ2n) is 5.21. The average molecular weight is 308 g/mol. The predicted octanol–water partition coefficient (Wildman–Crippen LogP) is 2.43. The van der Waals surface area contributed by atoms with Gasteiger partial charge in [0.25, 0.3) is 5.91 Å². The van der Waals surface area contributed by atoms with Gasteiger partial charge < -0.3 is 14.9 Å². The molecule has 3 heterocycles. The first-order valence-electron chi connectivity index (χ1n) is 7.15. The Hall–Kier alpha value is -3.15. The van der Waals surface area contributed by atoms with Gasteiger partial charge in [-0.2, -0.15) is 0 Å². The van der Waals surface area contributed by atoms with Gasteiger partial charge in [-0.05, 0) is 32.0 Å². The molecule has 3 aromatic heterocycles. The summed E-state index contributed by atoms with van der Waals surface area (Å²) < 4.78 is 1.96. The van der Waals surface area contributed by atoms with E-state index in [4.69, 9.17) is 0 Å². The van der Waals surface area contributed by atoms with Crippen LogP contribution in [0.3, 0.4) is 0 Å². The van der Waals surface area contributed by atoms with Gasteiger partial charge in [0.05, 0.1) is 17.4 Å². The fraction of sp³-hybridized carbons (Fsp3) is 0.118. The number of H-pyrrole nitrogens is 1. The highest BCUT2D eigenvalue weighted by Crippen LogP contribution is 2.20. The molecule has 0 aliphatic carbocycles. The summed E-state index contributed by atoms with van der Waals surface area (Å²) in [6.07, 6.45) is 6.43. The molecule has 2 N–H and O–H groups in total. The van der Waals surface area contributed by atoms with E-state index in [2.05, 4.69) is 15.3 Å². The number of aromatic nitrogens is 3. The number of pyridine rings is 2. The molecule has 0 saturated carbocycles. The van der Waals surface area contributed by atoms with Crippen LogP contribution in [-0.2, 0) is 0 Å². The van der Waals surface area contributed by atoms with Crippen LogP contribution in [0.2, 0.25) is 0 Å². The molecule has 0 aliphatic rings.